The predicted molar refractivity (Wildman–Crippen MR) is 125 cm³/mol. The zero-order valence-corrected chi connectivity index (χ0v) is 19.3. The molecule has 4 rings (SSSR count). The van der Waals surface area contributed by atoms with Crippen LogP contribution in [0.4, 0.5) is 0 Å². The third kappa shape index (κ3) is 4.82. The average Bonchev–Trinajstić information content (AvgIpc) is 3.33. The maximum Gasteiger partial charge on any atom is 0.261 e. The second kappa shape index (κ2) is 9.22. The molecule has 1 aliphatic heterocycles. The molecule has 7 heteroatoms. The van der Waals surface area contributed by atoms with Crippen LogP contribution in [0, 0.1) is 12.8 Å². The second-order valence-corrected chi connectivity index (χ2v) is 9.75. The summed E-state index contributed by atoms with van der Waals surface area (Å²) in [5.74, 6) is 0.517. The molecule has 3 heterocycles. The number of aromatic nitrogens is 2. The van der Waals surface area contributed by atoms with Gasteiger partial charge in [-0.3, -0.25) is 14.3 Å². The highest BCUT2D eigenvalue weighted by Crippen LogP contribution is 2.29. The van der Waals surface area contributed by atoms with Crippen LogP contribution in [-0.2, 0) is 13.1 Å². The molecule has 1 fully saturated rings. The minimum Gasteiger partial charge on any atom is -0.347 e. The van der Waals surface area contributed by atoms with Crippen LogP contribution >= 0.6 is 11.3 Å². The monoisotopic (exact) mass is 438 g/mol. The van der Waals surface area contributed by atoms with Crippen molar-refractivity contribution in [3.63, 3.8) is 0 Å². The molecule has 164 valence electrons. The summed E-state index contributed by atoms with van der Waals surface area (Å²) in [4.78, 5) is 29.0. The van der Waals surface area contributed by atoms with E-state index in [2.05, 4.69) is 24.3 Å². The first-order valence-electron chi connectivity index (χ1n) is 11.1. The van der Waals surface area contributed by atoms with Gasteiger partial charge in [0, 0.05) is 37.1 Å². The first-order chi connectivity index (χ1) is 14.9. The van der Waals surface area contributed by atoms with Gasteiger partial charge in [-0.2, -0.15) is 5.10 Å². The summed E-state index contributed by atoms with van der Waals surface area (Å²) in [5, 5.41) is 8.66. The van der Waals surface area contributed by atoms with Gasteiger partial charge in [0.25, 0.3) is 11.8 Å². The molecular weight excluding hydrogens is 408 g/mol. The van der Waals surface area contributed by atoms with Crippen LogP contribution < -0.4 is 5.32 Å². The fourth-order valence-electron chi connectivity index (χ4n) is 4.01. The van der Waals surface area contributed by atoms with Crippen molar-refractivity contribution >= 4 is 33.4 Å². The van der Waals surface area contributed by atoms with Crippen LogP contribution in [0.25, 0.3) is 10.2 Å². The Labute approximate surface area is 187 Å². The third-order valence-corrected chi connectivity index (χ3v) is 6.81. The number of rotatable bonds is 6. The number of aryl methyl sites for hydroxylation is 1. The zero-order chi connectivity index (χ0) is 22.0. The van der Waals surface area contributed by atoms with E-state index in [4.69, 9.17) is 0 Å². The van der Waals surface area contributed by atoms with E-state index in [0.29, 0.717) is 22.9 Å². The Bertz CT molecular complexity index is 1080. The number of carbonyl (C=O) groups excluding carboxylic acids is 2. The van der Waals surface area contributed by atoms with Gasteiger partial charge in [-0.1, -0.05) is 26.0 Å². The average molecular weight is 439 g/mol. The van der Waals surface area contributed by atoms with Crippen LogP contribution in [0.3, 0.4) is 0 Å². The second-order valence-electron chi connectivity index (χ2n) is 8.72. The molecular formula is C24H30N4O2S. The number of benzene rings is 1. The van der Waals surface area contributed by atoms with E-state index in [9.17, 15) is 9.59 Å². The van der Waals surface area contributed by atoms with Crippen LogP contribution in [0.1, 0.15) is 64.4 Å². The number of hydrogen-bond acceptors (Lipinski definition) is 4. The van der Waals surface area contributed by atoms with Gasteiger partial charge in [0.2, 0.25) is 0 Å². The standard InChI is InChI=1S/C24H30N4O2S/c1-16(2)15-28-24-20(17(3)26-28)13-21(31-24)22(29)25-14-18-7-9-19(10-8-18)23(30)27-11-5-4-6-12-27/h7-10,13,16H,4-6,11-12,14-15H2,1-3H3,(H,25,29). The molecule has 0 aliphatic carbocycles. The lowest BCUT2D eigenvalue weighted by molar-refractivity contribution is 0.0724. The number of nitrogens with zero attached hydrogens (tertiary/aromatic N) is 3. The summed E-state index contributed by atoms with van der Waals surface area (Å²) in [5.41, 5.74) is 2.65. The molecule has 1 aliphatic rings. The van der Waals surface area contributed by atoms with Gasteiger partial charge < -0.3 is 10.2 Å². The van der Waals surface area contributed by atoms with Crippen molar-refractivity contribution in [1.29, 1.82) is 0 Å². The Kier molecular flexibility index (Phi) is 6.41. The molecule has 1 saturated heterocycles. The lowest BCUT2D eigenvalue weighted by atomic mass is 10.1. The highest BCUT2D eigenvalue weighted by Gasteiger charge is 2.19. The van der Waals surface area contributed by atoms with E-state index in [-0.39, 0.29) is 11.8 Å². The summed E-state index contributed by atoms with van der Waals surface area (Å²) in [6.07, 6.45) is 3.38. The summed E-state index contributed by atoms with van der Waals surface area (Å²) in [6.45, 7) is 9.28. The molecule has 2 aromatic heterocycles. The van der Waals surface area contributed by atoms with Crippen LogP contribution in [0.15, 0.2) is 30.3 Å². The van der Waals surface area contributed by atoms with Crippen molar-refractivity contribution in [2.45, 2.75) is 53.1 Å². The van der Waals surface area contributed by atoms with Gasteiger partial charge in [-0.15, -0.1) is 11.3 Å². The van der Waals surface area contributed by atoms with E-state index >= 15 is 0 Å². The summed E-state index contributed by atoms with van der Waals surface area (Å²) < 4.78 is 2.01. The van der Waals surface area contributed by atoms with E-state index in [1.807, 2.05) is 46.8 Å². The van der Waals surface area contributed by atoms with Crippen LogP contribution in [0.2, 0.25) is 0 Å². The van der Waals surface area contributed by atoms with Crippen molar-refractivity contribution in [3.05, 3.63) is 52.0 Å². The van der Waals surface area contributed by atoms with E-state index < -0.39 is 0 Å². The number of amides is 2. The molecule has 2 amide bonds. The summed E-state index contributed by atoms with van der Waals surface area (Å²) in [7, 11) is 0. The smallest absolute Gasteiger partial charge is 0.261 e. The van der Waals surface area contributed by atoms with Crippen LogP contribution in [0.5, 0.6) is 0 Å². The van der Waals surface area contributed by atoms with Gasteiger partial charge in [0.1, 0.15) is 4.83 Å². The molecule has 0 radical (unpaired) electrons. The Morgan fingerprint density at radius 3 is 2.52 bits per heavy atom. The Morgan fingerprint density at radius 2 is 1.84 bits per heavy atom. The largest absolute Gasteiger partial charge is 0.347 e. The predicted octanol–water partition coefficient (Wildman–Crippen LogP) is 4.62. The number of carbonyl (C=O) groups is 2. The molecule has 1 N–H and O–H groups in total. The Morgan fingerprint density at radius 1 is 1.13 bits per heavy atom. The molecule has 0 bridgehead atoms. The summed E-state index contributed by atoms with van der Waals surface area (Å²) >= 11 is 1.49. The number of likely N-dealkylation sites (tertiary alicyclic amines) is 1. The van der Waals surface area contributed by atoms with Gasteiger partial charge in [0.15, 0.2) is 0 Å². The number of thiophene rings is 1. The van der Waals surface area contributed by atoms with Crippen LogP contribution in [-0.4, -0.2) is 39.6 Å². The number of piperidine rings is 1. The number of hydrogen-bond donors (Lipinski definition) is 1. The van der Waals surface area contributed by atoms with Gasteiger partial charge in [-0.25, -0.2) is 0 Å². The van der Waals surface area contributed by atoms with Crippen molar-refractivity contribution in [2.75, 3.05) is 13.1 Å². The first kappa shape index (κ1) is 21.6. The van der Waals surface area contributed by atoms with E-state index in [1.165, 1.54) is 17.8 Å². The molecule has 0 unspecified atom stereocenters. The van der Waals surface area contributed by atoms with E-state index in [1.54, 1.807) is 0 Å². The molecule has 0 spiro atoms. The Balaban J connectivity index is 1.39. The summed E-state index contributed by atoms with van der Waals surface area (Å²) in [6, 6.07) is 9.51. The molecule has 1 aromatic carbocycles. The quantitative estimate of drug-likeness (QED) is 0.611. The highest BCUT2D eigenvalue weighted by molar-refractivity contribution is 7.20. The number of nitrogens with one attached hydrogen (secondary N) is 1. The minimum atomic E-state index is -0.0785. The maximum atomic E-state index is 12.7. The van der Waals surface area contributed by atoms with Gasteiger partial charge >= 0.3 is 0 Å². The maximum absolute atomic E-state index is 12.7. The van der Waals surface area contributed by atoms with Crippen molar-refractivity contribution in [3.8, 4) is 0 Å². The van der Waals surface area contributed by atoms with Gasteiger partial charge in [0.05, 0.1) is 10.6 Å². The molecule has 3 aromatic rings. The molecule has 31 heavy (non-hydrogen) atoms. The Hall–Kier alpha value is -2.67. The fourth-order valence-corrected chi connectivity index (χ4v) is 5.10. The van der Waals surface area contributed by atoms with E-state index in [0.717, 1.165) is 53.9 Å². The third-order valence-electron chi connectivity index (χ3n) is 5.67. The normalized spacial score (nSPS) is 14.4. The molecule has 6 nitrogen and oxygen atoms in total. The van der Waals surface area contributed by atoms with Crippen molar-refractivity contribution < 1.29 is 9.59 Å². The zero-order valence-electron chi connectivity index (χ0n) is 18.5. The lowest BCUT2D eigenvalue weighted by Gasteiger charge is -2.26. The molecule has 0 saturated carbocycles. The fraction of sp³-hybridized carbons (Fsp3) is 0.458. The van der Waals surface area contributed by atoms with Crippen molar-refractivity contribution in [1.82, 2.24) is 20.0 Å². The number of fused-ring (bicyclic) bond motifs is 1. The van der Waals surface area contributed by atoms with Gasteiger partial charge in [-0.05, 0) is 55.9 Å². The van der Waals surface area contributed by atoms with Crippen molar-refractivity contribution in [2.24, 2.45) is 5.92 Å². The minimum absolute atomic E-state index is 0.0785. The SMILES string of the molecule is Cc1nn(CC(C)C)c2sc(C(=O)NCc3ccc(C(=O)N4CCCCC4)cc3)cc12. The topological polar surface area (TPSA) is 67.2 Å². The first-order valence-corrected chi connectivity index (χ1v) is 11.9. The lowest BCUT2D eigenvalue weighted by Crippen LogP contribution is -2.35. The molecule has 0 atom stereocenters. The highest BCUT2D eigenvalue weighted by atomic mass is 32.1.